The third kappa shape index (κ3) is 3.16. The molecule has 0 unspecified atom stereocenters. The molecule has 1 aromatic heterocycles. The zero-order valence-corrected chi connectivity index (χ0v) is 16.1. The summed E-state index contributed by atoms with van der Waals surface area (Å²) >= 11 is 0. The predicted molar refractivity (Wildman–Crippen MR) is 108 cm³/mol. The number of aromatic nitrogens is 3. The summed E-state index contributed by atoms with van der Waals surface area (Å²) in [4.78, 5) is 42.9. The van der Waals surface area contributed by atoms with E-state index in [2.05, 4.69) is 20.5 Å². The molecule has 3 heterocycles. The van der Waals surface area contributed by atoms with Crippen molar-refractivity contribution in [3.05, 3.63) is 71.0 Å². The Kier molecular flexibility index (Phi) is 4.39. The van der Waals surface area contributed by atoms with Gasteiger partial charge in [0, 0.05) is 30.1 Å². The van der Waals surface area contributed by atoms with Crippen molar-refractivity contribution in [3.63, 3.8) is 0 Å². The van der Waals surface area contributed by atoms with E-state index in [1.54, 1.807) is 11.0 Å². The van der Waals surface area contributed by atoms with E-state index in [1.807, 2.05) is 30.3 Å². The Morgan fingerprint density at radius 1 is 0.967 bits per heavy atom. The highest BCUT2D eigenvalue weighted by Crippen LogP contribution is 2.28. The van der Waals surface area contributed by atoms with Crippen molar-refractivity contribution >= 4 is 17.7 Å². The molecule has 150 valence electrons. The van der Waals surface area contributed by atoms with Crippen molar-refractivity contribution in [2.75, 3.05) is 13.1 Å². The zero-order valence-electron chi connectivity index (χ0n) is 16.1. The van der Waals surface area contributed by atoms with Gasteiger partial charge in [-0.1, -0.05) is 30.3 Å². The summed E-state index contributed by atoms with van der Waals surface area (Å²) in [6.07, 6.45) is 1.55. The number of imide groups is 1. The van der Waals surface area contributed by atoms with E-state index in [1.165, 1.54) is 12.1 Å². The summed E-state index contributed by atoms with van der Waals surface area (Å²) in [5, 5.41) is 9.62. The summed E-state index contributed by atoms with van der Waals surface area (Å²) in [5.41, 5.74) is 1.96. The third-order valence-electron chi connectivity index (χ3n) is 5.69. The second-order valence-electron chi connectivity index (χ2n) is 7.52. The van der Waals surface area contributed by atoms with Gasteiger partial charge >= 0.3 is 0 Å². The number of nitrogens with one attached hydrogen (secondary N) is 2. The average molecular weight is 401 g/mol. The number of rotatable bonds is 3. The number of benzene rings is 2. The highest BCUT2D eigenvalue weighted by atomic mass is 16.2. The van der Waals surface area contributed by atoms with Crippen molar-refractivity contribution in [2.24, 2.45) is 0 Å². The number of nitrogens with zero attached hydrogens (tertiary/aromatic N) is 3. The van der Waals surface area contributed by atoms with Crippen LogP contribution in [0.5, 0.6) is 0 Å². The van der Waals surface area contributed by atoms with Crippen molar-refractivity contribution in [2.45, 2.75) is 18.8 Å². The second kappa shape index (κ2) is 7.22. The lowest BCUT2D eigenvalue weighted by molar-refractivity contribution is 0.0710. The van der Waals surface area contributed by atoms with Gasteiger partial charge in [0.25, 0.3) is 17.7 Å². The van der Waals surface area contributed by atoms with E-state index in [4.69, 9.17) is 0 Å². The summed E-state index contributed by atoms with van der Waals surface area (Å²) in [6, 6.07) is 14.4. The molecule has 2 N–H and O–H groups in total. The van der Waals surface area contributed by atoms with E-state index < -0.39 is 11.8 Å². The normalized spacial score (nSPS) is 16.5. The lowest BCUT2D eigenvalue weighted by Gasteiger charge is -2.31. The van der Waals surface area contributed by atoms with Crippen LogP contribution in [0, 0.1) is 0 Å². The molecule has 0 aliphatic carbocycles. The topological polar surface area (TPSA) is 108 Å². The molecule has 8 nitrogen and oxygen atoms in total. The number of hydrogen-bond acceptors (Lipinski definition) is 5. The first-order valence-corrected chi connectivity index (χ1v) is 9.87. The van der Waals surface area contributed by atoms with Crippen LogP contribution in [-0.4, -0.2) is 50.9 Å². The van der Waals surface area contributed by atoms with Crippen molar-refractivity contribution in [1.29, 1.82) is 0 Å². The molecule has 2 aliphatic heterocycles. The van der Waals surface area contributed by atoms with Gasteiger partial charge in [0.1, 0.15) is 5.82 Å². The largest absolute Gasteiger partial charge is 0.339 e. The third-order valence-corrected chi connectivity index (χ3v) is 5.69. The van der Waals surface area contributed by atoms with Gasteiger partial charge in [-0.3, -0.25) is 24.8 Å². The Bertz CT molecular complexity index is 1150. The summed E-state index contributed by atoms with van der Waals surface area (Å²) in [7, 11) is 0. The molecule has 3 aromatic rings. The molecule has 0 atom stereocenters. The lowest BCUT2D eigenvalue weighted by Crippen LogP contribution is -2.38. The SMILES string of the molecule is O=C1NC(=O)c2cc(C(=O)N3CCC(c4nc(-c5ccccc5)n[nH]4)CC3)ccc21. The highest BCUT2D eigenvalue weighted by molar-refractivity contribution is 6.22. The van der Waals surface area contributed by atoms with Gasteiger partial charge in [-0.25, -0.2) is 4.98 Å². The molecule has 1 fully saturated rings. The van der Waals surface area contributed by atoms with Gasteiger partial charge in [0.15, 0.2) is 5.82 Å². The fourth-order valence-corrected chi connectivity index (χ4v) is 4.01. The van der Waals surface area contributed by atoms with Crippen LogP contribution >= 0.6 is 0 Å². The van der Waals surface area contributed by atoms with Gasteiger partial charge in [0.05, 0.1) is 11.1 Å². The molecule has 3 amide bonds. The number of carbonyl (C=O) groups excluding carboxylic acids is 3. The first-order valence-electron chi connectivity index (χ1n) is 9.87. The lowest BCUT2D eigenvalue weighted by atomic mass is 9.95. The summed E-state index contributed by atoms with van der Waals surface area (Å²) in [5.74, 6) is 0.719. The Balaban J connectivity index is 1.26. The number of likely N-dealkylation sites (tertiary alicyclic amines) is 1. The molecular formula is C22H19N5O3. The average Bonchev–Trinajstić information content (AvgIpc) is 3.39. The molecule has 0 radical (unpaired) electrons. The number of carbonyl (C=O) groups is 3. The Labute approximate surface area is 172 Å². The Morgan fingerprint density at radius 2 is 1.70 bits per heavy atom. The molecule has 1 saturated heterocycles. The highest BCUT2D eigenvalue weighted by Gasteiger charge is 2.30. The molecule has 2 aromatic carbocycles. The molecular weight excluding hydrogens is 382 g/mol. The van der Waals surface area contributed by atoms with Crippen LogP contribution in [0.3, 0.4) is 0 Å². The van der Waals surface area contributed by atoms with Crippen LogP contribution in [0.4, 0.5) is 0 Å². The second-order valence-corrected chi connectivity index (χ2v) is 7.52. The van der Waals surface area contributed by atoms with Crippen LogP contribution in [0.15, 0.2) is 48.5 Å². The van der Waals surface area contributed by atoms with Crippen LogP contribution < -0.4 is 5.32 Å². The Hall–Kier alpha value is -3.81. The molecule has 5 rings (SSSR count). The maximum Gasteiger partial charge on any atom is 0.258 e. The van der Waals surface area contributed by atoms with Gasteiger partial charge in [-0.15, -0.1) is 0 Å². The molecule has 30 heavy (non-hydrogen) atoms. The quantitative estimate of drug-likeness (QED) is 0.655. The van der Waals surface area contributed by atoms with Crippen LogP contribution in [-0.2, 0) is 0 Å². The molecule has 0 saturated carbocycles. The summed E-state index contributed by atoms with van der Waals surface area (Å²) in [6.45, 7) is 1.18. The summed E-state index contributed by atoms with van der Waals surface area (Å²) < 4.78 is 0. The molecule has 8 heteroatoms. The van der Waals surface area contributed by atoms with E-state index >= 15 is 0 Å². The fraction of sp³-hybridized carbons (Fsp3) is 0.227. The minimum Gasteiger partial charge on any atom is -0.339 e. The number of amides is 3. The van der Waals surface area contributed by atoms with E-state index in [0.29, 0.717) is 30.0 Å². The number of H-pyrrole nitrogens is 1. The first kappa shape index (κ1) is 18.2. The maximum absolute atomic E-state index is 12.9. The van der Waals surface area contributed by atoms with Crippen LogP contribution in [0.2, 0.25) is 0 Å². The minimum atomic E-state index is -0.456. The van der Waals surface area contributed by atoms with Gasteiger partial charge in [-0.2, -0.15) is 5.10 Å². The minimum absolute atomic E-state index is 0.133. The number of hydrogen-bond donors (Lipinski definition) is 2. The fourth-order valence-electron chi connectivity index (χ4n) is 4.01. The van der Waals surface area contributed by atoms with Gasteiger partial charge in [-0.05, 0) is 31.0 Å². The first-order chi connectivity index (χ1) is 14.6. The zero-order chi connectivity index (χ0) is 20.7. The van der Waals surface area contributed by atoms with Gasteiger partial charge < -0.3 is 4.90 Å². The van der Waals surface area contributed by atoms with Crippen LogP contribution in [0.25, 0.3) is 11.4 Å². The Morgan fingerprint density at radius 3 is 2.47 bits per heavy atom. The smallest absolute Gasteiger partial charge is 0.258 e. The predicted octanol–water partition coefficient (Wildman–Crippen LogP) is 2.38. The van der Waals surface area contributed by atoms with E-state index in [0.717, 1.165) is 24.2 Å². The molecule has 0 bridgehead atoms. The van der Waals surface area contributed by atoms with Crippen molar-refractivity contribution in [1.82, 2.24) is 25.4 Å². The maximum atomic E-state index is 12.9. The van der Waals surface area contributed by atoms with Crippen LogP contribution in [0.1, 0.15) is 55.7 Å². The number of fused-ring (bicyclic) bond motifs is 1. The molecule has 2 aliphatic rings. The number of piperidine rings is 1. The monoisotopic (exact) mass is 401 g/mol. The standard InChI is InChI=1S/C22H19N5O3/c28-20-16-7-6-15(12-17(16)21(29)24-20)22(30)27-10-8-14(9-11-27)19-23-18(25-26-19)13-4-2-1-3-5-13/h1-7,12,14H,8-11H2,(H,23,25,26)(H,24,28,29). The van der Waals surface area contributed by atoms with Gasteiger partial charge in [0.2, 0.25) is 0 Å². The van der Waals surface area contributed by atoms with E-state index in [-0.39, 0.29) is 17.4 Å². The number of aromatic amines is 1. The van der Waals surface area contributed by atoms with E-state index in [9.17, 15) is 14.4 Å². The molecule has 0 spiro atoms. The van der Waals surface area contributed by atoms with Crippen molar-refractivity contribution < 1.29 is 14.4 Å². The van der Waals surface area contributed by atoms with Crippen molar-refractivity contribution in [3.8, 4) is 11.4 Å².